The lowest BCUT2D eigenvalue weighted by Gasteiger charge is -2.36. The second-order valence-corrected chi connectivity index (χ2v) is 9.11. The summed E-state index contributed by atoms with van der Waals surface area (Å²) in [6, 6.07) is 0. The molecule has 28 heavy (non-hydrogen) atoms. The number of ether oxygens (including phenoxy) is 1. The van der Waals surface area contributed by atoms with E-state index in [-0.39, 0.29) is 30.1 Å². The molecule has 0 unspecified atom stereocenters. The number of nitrogens with zero attached hydrogens (tertiary/aromatic N) is 3. The third kappa shape index (κ3) is 11.0. The minimum absolute atomic E-state index is 0. The van der Waals surface area contributed by atoms with Gasteiger partial charge in [-0.3, -0.25) is 4.99 Å². The van der Waals surface area contributed by atoms with Gasteiger partial charge >= 0.3 is 6.09 Å². The summed E-state index contributed by atoms with van der Waals surface area (Å²) in [5, 5.41) is 3.49. The van der Waals surface area contributed by atoms with Gasteiger partial charge in [0, 0.05) is 39.8 Å². The van der Waals surface area contributed by atoms with Gasteiger partial charge in [-0.15, -0.1) is 24.0 Å². The molecule has 1 aliphatic rings. The maximum Gasteiger partial charge on any atom is 0.410 e. The maximum absolute atomic E-state index is 12.3. The van der Waals surface area contributed by atoms with Crippen molar-refractivity contribution in [3.63, 3.8) is 0 Å². The smallest absolute Gasteiger partial charge is 0.410 e. The molecule has 1 aliphatic heterocycles. The van der Waals surface area contributed by atoms with Crippen LogP contribution in [0.3, 0.4) is 0 Å². The Labute approximate surface area is 193 Å². The first-order valence-electron chi connectivity index (χ1n) is 10.2. The van der Waals surface area contributed by atoms with Crippen LogP contribution in [0.4, 0.5) is 4.79 Å². The molecule has 1 fully saturated rings. The second-order valence-electron chi connectivity index (χ2n) is 8.12. The topological polar surface area (TPSA) is 57.2 Å². The zero-order valence-corrected chi connectivity index (χ0v) is 21.8. The number of guanidine groups is 1. The molecular formula is C20H41IN4O2S. The highest BCUT2D eigenvalue weighted by Crippen LogP contribution is 2.20. The fraction of sp³-hybridized carbons (Fsp3) is 0.900. The van der Waals surface area contributed by atoms with Gasteiger partial charge in [-0.2, -0.15) is 11.8 Å². The summed E-state index contributed by atoms with van der Waals surface area (Å²) >= 11 is 1.90. The van der Waals surface area contributed by atoms with E-state index in [1.54, 1.807) is 0 Å². The van der Waals surface area contributed by atoms with E-state index in [0.29, 0.717) is 12.5 Å². The lowest BCUT2D eigenvalue weighted by Crippen LogP contribution is -2.48. The molecule has 166 valence electrons. The maximum atomic E-state index is 12.3. The summed E-state index contributed by atoms with van der Waals surface area (Å²) in [5.74, 6) is 2.75. The monoisotopic (exact) mass is 528 g/mol. The predicted molar refractivity (Wildman–Crippen MR) is 132 cm³/mol. The van der Waals surface area contributed by atoms with Crippen molar-refractivity contribution in [2.75, 3.05) is 51.8 Å². The molecule has 1 N–H and O–H groups in total. The molecule has 0 aromatic rings. The average molecular weight is 529 g/mol. The quantitative estimate of drug-likeness (QED) is 0.221. The summed E-state index contributed by atoms with van der Waals surface area (Å²) in [5.41, 5.74) is -0.443. The average Bonchev–Trinajstić information content (AvgIpc) is 2.62. The molecule has 1 heterocycles. The third-order valence-corrected chi connectivity index (χ3v) is 5.39. The van der Waals surface area contributed by atoms with Crippen LogP contribution in [0.1, 0.15) is 53.4 Å². The van der Waals surface area contributed by atoms with Crippen LogP contribution in [0.25, 0.3) is 0 Å². The Morgan fingerprint density at radius 1 is 1.29 bits per heavy atom. The van der Waals surface area contributed by atoms with E-state index in [9.17, 15) is 4.79 Å². The van der Waals surface area contributed by atoms with Crippen LogP contribution in [0.2, 0.25) is 0 Å². The van der Waals surface area contributed by atoms with Crippen LogP contribution in [-0.4, -0.2) is 79.2 Å². The zero-order chi connectivity index (χ0) is 20.3. The van der Waals surface area contributed by atoms with Crippen LogP contribution in [-0.2, 0) is 4.74 Å². The van der Waals surface area contributed by atoms with Crippen molar-refractivity contribution in [2.45, 2.75) is 59.0 Å². The van der Waals surface area contributed by atoms with E-state index >= 15 is 0 Å². The number of nitrogens with one attached hydrogen (secondary N) is 1. The molecule has 8 heteroatoms. The van der Waals surface area contributed by atoms with E-state index in [2.05, 4.69) is 21.5 Å². The third-order valence-electron chi connectivity index (χ3n) is 4.70. The van der Waals surface area contributed by atoms with Crippen LogP contribution < -0.4 is 5.32 Å². The number of unbranched alkanes of at least 4 members (excludes halogenated alkanes) is 1. The number of hydrogen-bond donors (Lipinski definition) is 1. The van der Waals surface area contributed by atoms with Crippen LogP contribution in [0.5, 0.6) is 0 Å². The normalized spacial score (nSPS) is 15.8. The number of rotatable bonds is 8. The first-order valence-corrected chi connectivity index (χ1v) is 11.6. The van der Waals surface area contributed by atoms with E-state index in [4.69, 9.17) is 4.74 Å². The van der Waals surface area contributed by atoms with Crippen LogP contribution >= 0.6 is 35.7 Å². The van der Waals surface area contributed by atoms with Crippen molar-refractivity contribution in [3.8, 4) is 0 Å². The largest absolute Gasteiger partial charge is 0.444 e. The van der Waals surface area contributed by atoms with Crippen molar-refractivity contribution in [3.05, 3.63) is 0 Å². The summed E-state index contributed by atoms with van der Waals surface area (Å²) < 4.78 is 5.53. The van der Waals surface area contributed by atoms with Gasteiger partial charge < -0.3 is 19.9 Å². The number of thioether (sulfide) groups is 1. The SMILES string of the molecule is CCN(CC1CCN(C(=NC)NCCCCSC)CC1)C(=O)OC(C)(C)C.I. The Morgan fingerprint density at radius 2 is 1.93 bits per heavy atom. The van der Waals surface area contributed by atoms with Gasteiger partial charge in [0.25, 0.3) is 0 Å². The highest BCUT2D eigenvalue weighted by molar-refractivity contribution is 14.0. The summed E-state index contributed by atoms with van der Waals surface area (Å²) in [6.45, 7) is 12.2. The molecule has 0 atom stereocenters. The second kappa shape index (κ2) is 14.6. The number of halogens is 1. The first kappa shape index (κ1) is 27.6. The van der Waals surface area contributed by atoms with Gasteiger partial charge in [0.15, 0.2) is 5.96 Å². The Bertz CT molecular complexity index is 464. The highest BCUT2D eigenvalue weighted by atomic mass is 127. The number of hydrogen-bond acceptors (Lipinski definition) is 4. The predicted octanol–water partition coefficient (Wildman–Crippen LogP) is 4.29. The lowest BCUT2D eigenvalue weighted by atomic mass is 9.96. The minimum atomic E-state index is -0.443. The first-order chi connectivity index (χ1) is 12.8. The lowest BCUT2D eigenvalue weighted by molar-refractivity contribution is 0.0214. The number of amides is 1. The van der Waals surface area contributed by atoms with Gasteiger partial charge in [0.2, 0.25) is 0 Å². The Morgan fingerprint density at radius 3 is 2.43 bits per heavy atom. The van der Waals surface area contributed by atoms with Gasteiger partial charge in [-0.05, 0) is 71.3 Å². The summed E-state index contributed by atoms with van der Waals surface area (Å²) in [6.07, 6.45) is 6.52. The Balaban J connectivity index is 0.00000729. The summed E-state index contributed by atoms with van der Waals surface area (Å²) in [4.78, 5) is 21.0. The molecule has 0 bridgehead atoms. The van der Waals surface area contributed by atoms with Crippen molar-refractivity contribution in [2.24, 2.45) is 10.9 Å². The number of carbonyl (C=O) groups is 1. The molecule has 0 spiro atoms. The molecule has 0 radical (unpaired) electrons. The number of likely N-dealkylation sites (tertiary alicyclic amines) is 1. The Hall–Kier alpha value is -0.380. The number of carbonyl (C=O) groups excluding carboxylic acids is 1. The van der Waals surface area contributed by atoms with Crippen molar-refractivity contribution >= 4 is 47.8 Å². The molecule has 0 saturated carbocycles. The van der Waals surface area contributed by atoms with Crippen LogP contribution in [0, 0.1) is 5.92 Å². The molecule has 1 saturated heterocycles. The van der Waals surface area contributed by atoms with Crippen molar-refractivity contribution in [1.82, 2.24) is 15.1 Å². The fourth-order valence-corrected chi connectivity index (χ4v) is 3.69. The molecule has 1 amide bonds. The zero-order valence-electron chi connectivity index (χ0n) is 18.6. The van der Waals surface area contributed by atoms with Gasteiger partial charge in [0.05, 0.1) is 0 Å². The van der Waals surface area contributed by atoms with E-state index < -0.39 is 5.60 Å². The van der Waals surface area contributed by atoms with Crippen molar-refractivity contribution in [1.29, 1.82) is 0 Å². The standard InChI is InChI=1S/C20H40N4O2S.HI/c1-7-23(19(25)26-20(2,3)4)16-17-10-13-24(14-11-17)18(21-5)22-12-8-9-15-27-6;/h17H,7-16H2,1-6H3,(H,21,22);1H. The summed E-state index contributed by atoms with van der Waals surface area (Å²) in [7, 11) is 1.86. The molecule has 0 aliphatic carbocycles. The number of piperidine rings is 1. The van der Waals surface area contributed by atoms with Gasteiger partial charge in [-0.1, -0.05) is 0 Å². The van der Waals surface area contributed by atoms with E-state index in [1.807, 2.05) is 51.4 Å². The fourth-order valence-electron chi connectivity index (χ4n) is 3.20. The van der Waals surface area contributed by atoms with Crippen LogP contribution in [0.15, 0.2) is 4.99 Å². The van der Waals surface area contributed by atoms with E-state index in [1.165, 1.54) is 18.6 Å². The molecule has 0 aromatic carbocycles. The van der Waals surface area contributed by atoms with E-state index in [0.717, 1.165) is 45.0 Å². The molecular weight excluding hydrogens is 487 g/mol. The molecule has 0 aromatic heterocycles. The molecule has 1 rings (SSSR count). The van der Waals surface area contributed by atoms with Crippen molar-refractivity contribution < 1.29 is 9.53 Å². The molecule has 6 nitrogen and oxygen atoms in total. The Kier molecular flexibility index (Phi) is 14.4. The highest BCUT2D eigenvalue weighted by Gasteiger charge is 2.27. The minimum Gasteiger partial charge on any atom is -0.444 e. The van der Waals surface area contributed by atoms with Gasteiger partial charge in [0.1, 0.15) is 5.60 Å². The van der Waals surface area contributed by atoms with Gasteiger partial charge in [-0.25, -0.2) is 4.79 Å². The number of aliphatic imine (C=N–C) groups is 1.